The first-order valence-electron chi connectivity index (χ1n) is 5.09. The third-order valence-electron chi connectivity index (χ3n) is 2.41. The molecule has 0 aliphatic carbocycles. The van der Waals surface area contributed by atoms with Crippen LogP contribution in [0.5, 0.6) is 0 Å². The number of hydrogen-bond donors (Lipinski definition) is 1. The fourth-order valence-electron chi connectivity index (χ4n) is 1.57. The van der Waals surface area contributed by atoms with E-state index in [9.17, 15) is 4.79 Å². The van der Waals surface area contributed by atoms with Gasteiger partial charge in [-0.05, 0) is 6.92 Å². The molecule has 0 unspecified atom stereocenters. The maximum atomic E-state index is 11.3. The molecule has 0 bridgehead atoms. The maximum absolute atomic E-state index is 11.3. The molecule has 2 rings (SSSR count). The molecule has 1 aromatic heterocycles. The molecular formula is C9H14N6O. The van der Waals surface area contributed by atoms with E-state index in [2.05, 4.69) is 15.2 Å². The molecule has 1 aromatic rings. The Balaban J connectivity index is 2.34. The summed E-state index contributed by atoms with van der Waals surface area (Å²) in [4.78, 5) is 15.4. The van der Waals surface area contributed by atoms with Crippen molar-refractivity contribution >= 4 is 11.7 Å². The van der Waals surface area contributed by atoms with Crippen molar-refractivity contribution in [1.29, 1.82) is 0 Å². The van der Waals surface area contributed by atoms with E-state index < -0.39 is 0 Å². The Hall–Kier alpha value is -1.76. The van der Waals surface area contributed by atoms with Gasteiger partial charge in [0.25, 0.3) is 0 Å². The normalized spacial score (nSPS) is 18.6. The van der Waals surface area contributed by atoms with Gasteiger partial charge in [0.15, 0.2) is 5.84 Å². The van der Waals surface area contributed by atoms with Crippen molar-refractivity contribution in [3.63, 3.8) is 0 Å². The SMILES string of the molecule is C[C@H](N)c1ncnn1C1=NN(C)C(=O)CC1. The fraction of sp³-hybridized carbons (Fsp3) is 0.556. The lowest BCUT2D eigenvalue weighted by molar-refractivity contribution is -0.130. The van der Waals surface area contributed by atoms with Gasteiger partial charge in [0.05, 0.1) is 6.04 Å². The Kier molecular flexibility index (Phi) is 2.69. The van der Waals surface area contributed by atoms with Crippen molar-refractivity contribution in [3.05, 3.63) is 12.2 Å². The van der Waals surface area contributed by atoms with Crippen LogP contribution in [-0.4, -0.2) is 38.6 Å². The van der Waals surface area contributed by atoms with E-state index in [0.29, 0.717) is 24.5 Å². The third kappa shape index (κ3) is 1.81. The Labute approximate surface area is 92.9 Å². The van der Waals surface area contributed by atoms with Crippen LogP contribution in [0.4, 0.5) is 0 Å². The standard InChI is InChI=1S/C9H14N6O/c1-6(10)9-11-5-12-15(9)7-3-4-8(16)14(2)13-7/h5-6H,3-4,10H2,1-2H3/t6-/m0/s1. The van der Waals surface area contributed by atoms with Gasteiger partial charge in [-0.15, -0.1) is 0 Å². The molecule has 7 nitrogen and oxygen atoms in total. The fourth-order valence-corrected chi connectivity index (χ4v) is 1.57. The number of carbonyl (C=O) groups is 1. The minimum Gasteiger partial charge on any atom is -0.322 e. The van der Waals surface area contributed by atoms with Gasteiger partial charge < -0.3 is 5.73 Å². The zero-order chi connectivity index (χ0) is 11.7. The summed E-state index contributed by atoms with van der Waals surface area (Å²) in [5.41, 5.74) is 5.77. The molecule has 1 aliphatic heterocycles. The highest BCUT2D eigenvalue weighted by molar-refractivity contribution is 5.92. The van der Waals surface area contributed by atoms with E-state index in [1.54, 1.807) is 11.7 Å². The first-order valence-corrected chi connectivity index (χ1v) is 5.09. The molecule has 0 aromatic carbocycles. The minimum absolute atomic E-state index is 0.00575. The molecule has 16 heavy (non-hydrogen) atoms. The van der Waals surface area contributed by atoms with Crippen molar-refractivity contribution in [3.8, 4) is 0 Å². The highest BCUT2D eigenvalue weighted by Crippen LogP contribution is 2.12. The lowest BCUT2D eigenvalue weighted by Crippen LogP contribution is -2.32. The first-order chi connectivity index (χ1) is 7.59. The lowest BCUT2D eigenvalue weighted by atomic mass is 10.2. The molecule has 7 heteroatoms. The van der Waals surface area contributed by atoms with Gasteiger partial charge >= 0.3 is 0 Å². The number of nitrogens with zero attached hydrogens (tertiary/aromatic N) is 5. The van der Waals surface area contributed by atoms with Crippen LogP contribution in [0.2, 0.25) is 0 Å². The van der Waals surface area contributed by atoms with Crippen molar-refractivity contribution < 1.29 is 4.79 Å². The average Bonchev–Trinajstić information content (AvgIpc) is 2.71. The van der Waals surface area contributed by atoms with Gasteiger partial charge in [-0.25, -0.2) is 14.7 Å². The molecule has 0 fully saturated rings. The molecule has 0 saturated carbocycles. The van der Waals surface area contributed by atoms with Crippen LogP contribution in [0.3, 0.4) is 0 Å². The molecule has 0 spiro atoms. The summed E-state index contributed by atoms with van der Waals surface area (Å²) in [5.74, 6) is 1.36. The summed E-state index contributed by atoms with van der Waals surface area (Å²) in [5, 5.41) is 9.56. The topological polar surface area (TPSA) is 89.4 Å². The number of rotatable bonds is 1. The van der Waals surface area contributed by atoms with Crippen LogP contribution in [0, 0.1) is 0 Å². The van der Waals surface area contributed by atoms with E-state index in [1.165, 1.54) is 11.3 Å². The predicted octanol–water partition coefficient (Wildman–Crippen LogP) is -0.288. The summed E-state index contributed by atoms with van der Waals surface area (Å²) < 4.78 is 1.60. The van der Waals surface area contributed by atoms with Crippen LogP contribution in [0.25, 0.3) is 0 Å². The molecule has 86 valence electrons. The summed E-state index contributed by atoms with van der Waals surface area (Å²) in [6, 6.07) is -0.215. The predicted molar refractivity (Wildman–Crippen MR) is 57.5 cm³/mol. The number of hydrogen-bond acceptors (Lipinski definition) is 5. The number of amides is 1. The molecule has 2 N–H and O–H groups in total. The Morgan fingerprint density at radius 1 is 1.50 bits per heavy atom. The molecule has 0 saturated heterocycles. The first kappa shape index (κ1) is 10.7. The van der Waals surface area contributed by atoms with Gasteiger partial charge in [0, 0.05) is 19.9 Å². The maximum Gasteiger partial charge on any atom is 0.242 e. The largest absolute Gasteiger partial charge is 0.322 e. The molecule has 2 heterocycles. The summed E-state index contributed by atoms with van der Waals surface area (Å²) in [6.07, 6.45) is 2.44. The Morgan fingerprint density at radius 3 is 2.88 bits per heavy atom. The van der Waals surface area contributed by atoms with E-state index in [0.717, 1.165) is 0 Å². The van der Waals surface area contributed by atoms with Crippen LogP contribution < -0.4 is 5.73 Å². The van der Waals surface area contributed by atoms with Crippen molar-refractivity contribution in [2.75, 3.05) is 7.05 Å². The Bertz CT molecular complexity index is 435. The second-order valence-corrected chi connectivity index (χ2v) is 3.75. The number of carbonyl (C=O) groups excluding carboxylic acids is 1. The Morgan fingerprint density at radius 2 is 2.25 bits per heavy atom. The molecule has 1 atom stereocenters. The molecule has 1 aliphatic rings. The summed E-state index contributed by atoms with van der Waals surface area (Å²) >= 11 is 0. The van der Waals surface area contributed by atoms with Crippen molar-refractivity contribution in [2.45, 2.75) is 25.8 Å². The zero-order valence-electron chi connectivity index (χ0n) is 9.29. The summed E-state index contributed by atoms with van der Waals surface area (Å²) in [7, 11) is 1.63. The van der Waals surface area contributed by atoms with Crippen molar-refractivity contribution in [1.82, 2.24) is 19.8 Å². The number of aromatic nitrogens is 3. The van der Waals surface area contributed by atoms with Crippen LogP contribution >= 0.6 is 0 Å². The van der Waals surface area contributed by atoms with Gasteiger partial charge in [0.1, 0.15) is 12.2 Å². The number of nitrogens with two attached hydrogens (primary N) is 1. The average molecular weight is 222 g/mol. The van der Waals surface area contributed by atoms with E-state index in [4.69, 9.17) is 5.73 Å². The number of hydrazone groups is 1. The molecular weight excluding hydrogens is 208 g/mol. The van der Waals surface area contributed by atoms with Crippen LogP contribution in [0.15, 0.2) is 11.4 Å². The lowest BCUT2D eigenvalue weighted by Gasteiger charge is -2.20. The second kappa shape index (κ2) is 4.01. The molecule has 1 amide bonds. The monoisotopic (exact) mass is 222 g/mol. The van der Waals surface area contributed by atoms with Gasteiger partial charge in [0.2, 0.25) is 5.91 Å². The molecule has 0 radical (unpaired) electrons. The highest BCUT2D eigenvalue weighted by atomic mass is 16.2. The van der Waals surface area contributed by atoms with Crippen molar-refractivity contribution in [2.24, 2.45) is 10.8 Å². The zero-order valence-corrected chi connectivity index (χ0v) is 9.29. The van der Waals surface area contributed by atoms with Gasteiger partial charge in [-0.1, -0.05) is 0 Å². The highest BCUT2D eigenvalue weighted by Gasteiger charge is 2.21. The minimum atomic E-state index is -0.215. The second-order valence-electron chi connectivity index (χ2n) is 3.75. The summed E-state index contributed by atoms with van der Waals surface area (Å²) in [6.45, 7) is 1.83. The van der Waals surface area contributed by atoms with Crippen LogP contribution in [-0.2, 0) is 4.79 Å². The van der Waals surface area contributed by atoms with E-state index >= 15 is 0 Å². The van der Waals surface area contributed by atoms with Crippen LogP contribution in [0.1, 0.15) is 31.6 Å². The third-order valence-corrected chi connectivity index (χ3v) is 2.41. The van der Waals surface area contributed by atoms with Gasteiger partial charge in [-0.2, -0.15) is 10.2 Å². The van der Waals surface area contributed by atoms with Gasteiger partial charge in [-0.3, -0.25) is 4.79 Å². The van der Waals surface area contributed by atoms with E-state index in [1.807, 2.05) is 6.92 Å². The van der Waals surface area contributed by atoms with E-state index in [-0.39, 0.29) is 11.9 Å². The smallest absolute Gasteiger partial charge is 0.242 e. The quantitative estimate of drug-likeness (QED) is 0.707.